The topological polar surface area (TPSA) is 96.6 Å². The fraction of sp³-hybridized carbons (Fsp3) is 0.706. The van der Waals surface area contributed by atoms with E-state index in [0.29, 0.717) is 16.7 Å². The van der Waals surface area contributed by atoms with Gasteiger partial charge in [0.25, 0.3) is 5.88 Å². The van der Waals surface area contributed by atoms with Crippen molar-refractivity contribution in [1.29, 1.82) is 0 Å². The first-order chi connectivity index (χ1) is 14.0. The number of alkyl halides is 3. The van der Waals surface area contributed by atoms with Gasteiger partial charge in [-0.05, 0) is 49.5 Å². The van der Waals surface area contributed by atoms with Gasteiger partial charge in [-0.25, -0.2) is 14.5 Å². The summed E-state index contributed by atoms with van der Waals surface area (Å²) in [4.78, 5) is 8.25. The summed E-state index contributed by atoms with van der Waals surface area (Å²) in [6, 6.07) is -0.574. The molecule has 2 atom stereocenters. The molecule has 0 saturated carbocycles. The molecule has 13 heteroatoms. The largest absolute Gasteiger partial charge is 0.598 e. The molecule has 0 radical (unpaired) electrons. The van der Waals surface area contributed by atoms with Crippen LogP contribution in [0.25, 0.3) is 5.65 Å². The van der Waals surface area contributed by atoms with Crippen molar-refractivity contribution >= 4 is 32.9 Å². The highest BCUT2D eigenvalue weighted by Gasteiger charge is 2.32. The molecule has 0 saturated heterocycles. The Balaban J connectivity index is 1.77. The molecule has 170 valence electrons. The summed E-state index contributed by atoms with van der Waals surface area (Å²) in [5.41, 5.74) is 0.458. The van der Waals surface area contributed by atoms with E-state index in [4.69, 9.17) is 9.47 Å². The number of halogens is 4. The molecule has 0 bridgehead atoms. The van der Waals surface area contributed by atoms with Gasteiger partial charge >= 0.3 is 6.18 Å². The van der Waals surface area contributed by atoms with Crippen molar-refractivity contribution in [3.63, 3.8) is 0 Å². The quantitative estimate of drug-likeness (QED) is 0.361. The third-order valence-electron chi connectivity index (χ3n) is 3.88. The van der Waals surface area contributed by atoms with Gasteiger partial charge in [-0.2, -0.15) is 18.3 Å². The van der Waals surface area contributed by atoms with Crippen LogP contribution in [-0.2, 0) is 16.1 Å². The molecule has 8 nitrogen and oxygen atoms in total. The lowest BCUT2D eigenvalue weighted by molar-refractivity contribution is -0.136. The number of ether oxygens (including phenoxy) is 2. The summed E-state index contributed by atoms with van der Waals surface area (Å²) in [5, 5.41) is 4.01. The van der Waals surface area contributed by atoms with Crippen LogP contribution in [0.4, 0.5) is 13.2 Å². The standard InChI is InChI=1S/C17H25BrF3N5O3S/c1-16(2,3)30(27)25-12(4-6-17(19,20)21)5-7-28-8-9-29-15-14-22-11-23-26(14)10-13(18)24-15/h10-12,25H,4-9H2,1-3H3/t12-,30?/m0/s1. The molecule has 0 fully saturated rings. The Morgan fingerprint density at radius 3 is 2.63 bits per heavy atom. The van der Waals surface area contributed by atoms with Crippen LogP contribution in [-0.4, -0.2) is 60.9 Å². The lowest BCUT2D eigenvalue weighted by Crippen LogP contribution is -2.45. The minimum atomic E-state index is -4.26. The van der Waals surface area contributed by atoms with Gasteiger partial charge in [-0.3, -0.25) is 0 Å². The van der Waals surface area contributed by atoms with E-state index in [1.54, 1.807) is 27.0 Å². The zero-order valence-corrected chi connectivity index (χ0v) is 19.3. The monoisotopic (exact) mass is 515 g/mol. The summed E-state index contributed by atoms with van der Waals surface area (Å²) in [7, 11) is 0. The molecule has 2 rings (SSSR count). The molecule has 2 heterocycles. The Hall–Kier alpha value is -1.15. The second kappa shape index (κ2) is 10.9. The summed E-state index contributed by atoms with van der Waals surface area (Å²) in [6.07, 6.45) is -2.07. The Labute approximate surface area is 184 Å². The summed E-state index contributed by atoms with van der Waals surface area (Å²) < 4.78 is 65.3. The van der Waals surface area contributed by atoms with Crippen molar-refractivity contribution in [1.82, 2.24) is 24.3 Å². The third-order valence-corrected chi connectivity index (χ3v) is 5.93. The lowest BCUT2D eigenvalue weighted by Gasteiger charge is -2.28. The van der Waals surface area contributed by atoms with Gasteiger partial charge in [-0.15, -0.1) is 4.72 Å². The molecule has 0 aliphatic rings. The van der Waals surface area contributed by atoms with E-state index in [1.165, 1.54) is 10.8 Å². The molecule has 1 unspecified atom stereocenters. The van der Waals surface area contributed by atoms with Gasteiger partial charge in [-0.1, -0.05) is 0 Å². The lowest BCUT2D eigenvalue weighted by atomic mass is 10.1. The van der Waals surface area contributed by atoms with Crippen LogP contribution >= 0.6 is 15.9 Å². The maximum atomic E-state index is 12.6. The molecule has 2 aromatic rings. The molecular weight excluding hydrogens is 491 g/mol. The maximum Gasteiger partial charge on any atom is 0.389 e. The average Bonchev–Trinajstić information content (AvgIpc) is 3.08. The van der Waals surface area contributed by atoms with Gasteiger partial charge in [0.2, 0.25) is 5.65 Å². The predicted molar refractivity (Wildman–Crippen MR) is 110 cm³/mol. The molecule has 0 amide bonds. The number of hydrogen-bond acceptors (Lipinski definition) is 7. The number of nitrogens with one attached hydrogen (secondary N) is 1. The van der Waals surface area contributed by atoms with E-state index in [2.05, 4.69) is 35.7 Å². The predicted octanol–water partition coefficient (Wildman–Crippen LogP) is 3.44. The van der Waals surface area contributed by atoms with Gasteiger partial charge in [0.05, 0.1) is 18.8 Å². The van der Waals surface area contributed by atoms with Crippen molar-refractivity contribution < 1.29 is 27.2 Å². The zero-order chi connectivity index (χ0) is 22.4. The highest BCUT2D eigenvalue weighted by atomic mass is 79.9. The SMILES string of the molecule is CC(C)(C)[S+]([O-])N[C@H](CCOCCOc1nc(Br)cn2ncnc12)CCC(F)(F)F. The van der Waals surface area contributed by atoms with Crippen molar-refractivity contribution in [3.05, 3.63) is 17.1 Å². The van der Waals surface area contributed by atoms with E-state index in [0.717, 1.165) is 0 Å². The first kappa shape index (κ1) is 25.1. The number of rotatable bonds is 11. The van der Waals surface area contributed by atoms with Crippen LogP contribution in [0.2, 0.25) is 0 Å². The number of nitrogens with zero attached hydrogens (tertiary/aromatic N) is 4. The minimum absolute atomic E-state index is 0.169. The summed E-state index contributed by atoms with van der Waals surface area (Å²) >= 11 is 1.79. The van der Waals surface area contributed by atoms with Crippen LogP contribution < -0.4 is 9.46 Å². The highest BCUT2D eigenvalue weighted by Crippen LogP contribution is 2.24. The molecule has 0 aliphatic heterocycles. The molecule has 2 aromatic heterocycles. The van der Waals surface area contributed by atoms with Gasteiger partial charge in [0, 0.05) is 24.4 Å². The highest BCUT2D eigenvalue weighted by molar-refractivity contribution is 9.10. The van der Waals surface area contributed by atoms with E-state index in [1.807, 2.05) is 0 Å². The Kier molecular flexibility index (Phi) is 9.15. The first-order valence-corrected chi connectivity index (χ1v) is 11.2. The molecule has 0 aromatic carbocycles. The van der Waals surface area contributed by atoms with Crippen LogP contribution in [0.1, 0.15) is 40.0 Å². The summed E-state index contributed by atoms with van der Waals surface area (Å²) in [5.74, 6) is 0.288. The number of aromatic nitrogens is 4. The van der Waals surface area contributed by atoms with Crippen molar-refractivity contribution in [2.24, 2.45) is 0 Å². The third kappa shape index (κ3) is 8.53. The number of hydrogen-bond donors (Lipinski definition) is 1. The van der Waals surface area contributed by atoms with Crippen molar-refractivity contribution in [2.45, 2.75) is 57.0 Å². The average molecular weight is 516 g/mol. The smallest absolute Gasteiger partial charge is 0.389 e. The maximum absolute atomic E-state index is 12.6. The van der Waals surface area contributed by atoms with Crippen LogP contribution in [0.3, 0.4) is 0 Å². The van der Waals surface area contributed by atoms with Crippen LogP contribution in [0.5, 0.6) is 5.88 Å². The van der Waals surface area contributed by atoms with E-state index in [-0.39, 0.29) is 32.1 Å². The second-order valence-electron chi connectivity index (χ2n) is 7.50. The number of fused-ring (bicyclic) bond motifs is 1. The second-order valence-corrected chi connectivity index (χ2v) is 10.3. The minimum Gasteiger partial charge on any atom is -0.598 e. The van der Waals surface area contributed by atoms with Crippen LogP contribution in [0.15, 0.2) is 17.1 Å². The molecule has 30 heavy (non-hydrogen) atoms. The normalized spacial score (nSPS) is 14.8. The Morgan fingerprint density at radius 1 is 1.23 bits per heavy atom. The Bertz CT molecular complexity index is 803. The van der Waals surface area contributed by atoms with Crippen LogP contribution in [0, 0.1) is 0 Å². The zero-order valence-electron chi connectivity index (χ0n) is 16.9. The fourth-order valence-electron chi connectivity index (χ4n) is 2.32. The van der Waals surface area contributed by atoms with E-state index >= 15 is 0 Å². The van der Waals surface area contributed by atoms with E-state index in [9.17, 15) is 17.7 Å². The Morgan fingerprint density at radius 2 is 1.97 bits per heavy atom. The van der Waals surface area contributed by atoms with E-state index < -0.39 is 34.7 Å². The summed E-state index contributed by atoms with van der Waals surface area (Å²) in [6.45, 7) is 5.86. The van der Waals surface area contributed by atoms with Crippen molar-refractivity contribution in [2.75, 3.05) is 19.8 Å². The van der Waals surface area contributed by atoms with Gasteiger partial charge < -0.3 is 14.0 Å². The van der Waals surface area contributed by atoms with Crippen molar-refractivity contribution in [3.8, 4) is 5.88 Å². The fourth-order valence-corrected chi connectivity index (χ4v) is 3.57. The van der Waals surface area contributed by atoms with Gasteiger partial charge in [0.1, 0.15) is 22.3 Å². The van der Waals surface area contributed by atoms with Gasteiger partial charge in [0.15, 0.2) is 0 Å². The molecule has 0 spiro atoms. The first-order valence-electron chi connectivity index (χ1n) is 9.27. The molecular formula is C17H25BrF3N5O3S. The molecule has 0 aliphatic carbocycles. The molecule has 1 N–H and O–H groups in total.